The van der Waals surface area contributed by atoms with E-state index in [4.69, 9.17) is 14.6 Å². The third-order valence-electron chi connectivity index (χ3n) is 2.59. The second-order valence-corrected chi connectivity index (χ2v) is 3.98. The van der Waals surface area contributed by atoms with Crippen LogP contribution in [0.5, 0.6) is 5.75 Å². The molecule has 0 heterocycles. The van der Waals surface area contributed by atoms with Gasteiger partial charge in [0.05, 0.1) is 18.1 Å². The predicted octanol–water partition coefficient (Wildman–Crippen LogP) is 1.81. The van der Waals surface area contributed by atoms with Crippen LogP contribution in [-0.2, 0) is 16.1 Å². The number of benzene rings is 1. The third kappa shape index (κ3) is 3.92. The van der Waals surface area contributed by atoms with Gasteiger partial charge < -0.3 is 14.6 Å². The molecule has 1 aromatic rings. The van der Waals surface area contributed by atoms with Crippen LogP contribution in [0.2, 0.25) is 0 Å². The van der Waals surface area contributed by atoms with Crippen molar-refractivity contribution in [2.24, 2.45) is 0 Å². The van der Waals surface area contributed by atoms with Crippen molar-refractivity contribution in [2.75, 3.05) is 6.61 Å². The average Bonchev–Trinajstić information content (AvgIpc) is 2.44. The molecule has 0 aliphatic carbocycles. The van der Waals surface area contributed by atoms with E-state index in [0.717, 1.165) is 0 Å². The summed E-state index contributed by atoms with van der Waals surface area (Å²) in [6.07, 6.45) is -0.564. The summed E-state index contributed by atoms with van der Waals surface area (Å²) in [4.78, 5) is 22.0. The molecule has 1 unspecified atom stereocenters. The predicted molar refractivity (Wildman–Crippen MR) is 70.4 cm³/mol. The van der Waals surface area contributed by atoms with E-state index in [1.165, 1.54) is 18.2 Å². The number of ether oxygens (including phenoxy) is 2. The second-order valence-electron chi connectivity index (χ2n) is 3.98. The summed E-state index contributed by atoms with van der Waals surface area (Å²) in [7, 11) is 0. The number of aliphatic hydroxyl groups is 1. The number of hydrogen-bond acceptors (Lipinski definition) is 6. The molecule has 1 aromatic carbocycles. The summed E-state index contributed by atoms with van der Waals surface area (Å²) in [5.41, 5.74) is 0.104. The fourth-order valence-corrected chi connectivity index (χ4v) is 1.59. The van der Waals surface area contributed by atoms with Crippen LogP contribution in [0.15, 0.2) is 18.2 Å². The second kappa shape index (κ2) is 7.44. The van der Waals surface area contributed by atoms with E-state index in [1.54, 1.807) is 13.8 Å². The lowest BCUT2D eigenvalue weighted by Crippen LogP contribution is -2.28. The number of nitro benzene ring substituents is 1. The summed E-state index contributed by atoms with van der Waals surface area (Å²) in [6.45, 7) is 3.29. The van der Waals surface area contributed by atoms with Gasteiger partial charge in [0.1, 0.15) is 0 Å². The minimum absolute atomic E-state index is 0.0212. The zero-order valence-electron chi connectivity index (χ0n) is 11.4. The molecule has 0 radical (unpaired) electrons. The topological polar surface area (TPSA) is 98.9 Å². The number of nitrogens with zero attached hydrogens (tertiary/aromatic N) is 1. The fourth-order valence-electron chi connectivity index (χ4n) is 1.59. The first kappa shape index (κ1) is 15.9. The lowest BCUT2D eigenvalue weighted by atomic mass is 10.2. The van der Waals surface area contributed by atoms with Crippen molar-refractivity contribution in [2.45, 2.75) is 33.0 Å². The summed E-state index contributed by atoms with van der Waals surface area (Å²) in [5, 5.41) is 20.0. The molecule has 0 fully saturated rings. The van der Waals surface area contributed by atoms with Crippen molar-refractivity contribution >= 4 is 11.7 Å². The number of rotatable bonds is 7. The highest BCUT2D eigenvalue weighted by Crippen LogP contribution is 2.29. The van der Waals surface area contributed by atoms with Crippen LogP contribution in [0.1, 0.15) is 25.8 Å². The van der Waals surface area contributed by atoms with Crippen molar-refractivity contribution in [1.29, 1.82) is 0 Å². The number of nitro groups is 1. The van der Waals surface area contributed by atoms with Gasteiger partial charge >= 0.3 is 11.7 Å². The van der Waals surface area contributed by atoms with Crippen molar-refractivity contribution < 1.29 is 24.3 Å². The van der Waals surface area contributed by atoms with Crippen LogP contribution >= 0.6 is 0 Å². The zero-order valence-corrected chi connectivity index (χ0v) is 11.4. The molecular weight excluding hydrogens is 266 g/mol. The standard InChI is InChI=1S/C13H17NO6/c1-3-11(13(16)19-4-2)20-12-6-5-9(8-15)7-10(12)14(17)18/h5-7,11,15H,3-4,8H2,1-2H3. The highest BCUT2D eigenvalue weighted by molar-refractivity contribution is 5.75. The van der Waals surface area contributed by atoms with Crippen LogP contribution < -0.4 is 4.74 Å². The molecule has 0 aliphatic rings. The molecule has 0 amide bonds. The number of carbonyl (C=O) groups is 1. The van der Waals surface area contributed by atoms with Crippen molar-refractivity contribution in [3.63, 3.8) is 0 Å². The molecule has 0 saturated carbocycles. The molecule has 110 valence electrons. The van der Waals surface area contributed by atoms with E-state index < -0.39 is 17.0 Å². The Labute approximate surface area is 116 Å². The van der Waals surface area contributed by atoms with Gasteiger partial charge in [-0.3, -0.25) is 10.1 Å². The Morgan fingerprint density at radius 1 is 1.45 bits per heavy atom. The van der Waals surface area contributed by atoms with E-state index in [1.807, 2.05) is 0 Å². The number of aliphatic hydroxyl groups excluding tert-OH is 1. The maximum Gasteiger partial charge on any atom is 0.347 e. The molecule has 0 aliphatic heterocycles. The molecule has 20 heavy (non-hydrogen) atoms. The van der Waals surface area contributed by atoms with E-state index in [-0.39, 0.29) is 24.7 Å². The number of esters is 1. The number of carbonyl (C=O) groups excluding carboxylic acids is 1. The first-order valence-electron chi connectivity index (χ1n) is 6.24. The average molecular weight is 283 g/mol. The monoisotopic (exact) mass is 283 g/mol. The largest absolute Gasteiger partial charge is 0.472 e. The van der Waals surface area contributed by atoms with Crippen molar-refractivity contribution in [1.82, 2.24) is 0 Å². The van der Waals surface area contributed by atoms with Crippen molar-refractivity contribution in [3.05, 3.63) is 33.9 Å². The van der Waals surface area contributed by atoms with E-state index in [9.17, 15) is 14.9 Å². The van der Waals surface area contributed by atoms with Crippen molar-refractivity contribution in [3.8, 4) is 5.75 Å². The van der Waals surface area contributed by atoms with Crippen LogP contribution in [0.3, 0.4) is 0 Å². The number of hydrogen-bond donors (Lipinski definition) is 1. The Hall–Kier alpha value is -2.15. The molecular formula is C13H17NO6. The van der Waals surface area contributed by atoms with Gasteiger partial charge in [0.2, 0.25) is 0 Å². The summed E-state index contributed by atoms with van der Waals surface area (Å²) < 4.78 is 10.2. The van der Waals surface area contributed by atoms with Gasteiger partial charge in [-0.25, -0.2) is 4.79 Å². The quantitative estimate of drug-likeness (QED) is 0.465. The summed E-state index contributed by atoms with van der Waals surface area (Å²) in [5.74, 6) is -0.581. The Bertz CT molecular complexity index is 488. The fraction of sp³-hybridized carbons (Fsp3) is 0.462. The van der Waals surface area contributed by atoms with E-state index in [2.05, 4.69) is 0 Å². The minimum atomic E-state index is -0.895. The molecule has 7 nitrogen and oxygen atoms in total. The lowest BCUT2D eigenvalue weighted by molar-refractivity contribution is -0.386. The molecule has 0 saturated heterocycles. The molecule has 1 rings (SSSR count). The van der Waals surface area contributed by atoms with Crippen LogP contribution in [0.25, 0.3) is 0 Å². The summed E-state index contributed by atoms with van der Waals surface area (Å²) in [6, 6.07) is 4.08. The first-order chi connectivity index (χ1) is 9.53. The van der Waals surface area contributed by atoms with Gasteiger partial charge in [0, 0.05) is 6.07 Å². The maximum atomic E-state index is 11.6. The van der Waals surface area contributed by atoms with Crippen LogP contribution in [0.4, 0.5) is 5.69 Å². The Morgan fingerprint density at radius 2 is 2.15 bits per heavy atom. The molecule has 1 N–H and O–H groups in total. The summed E-state index contributed by atoms with van der Waals surface area (Å²) >= 11 is 0. The molecule has 0 bridgehead atoms. The SMILES string of the molecule is CCOC(=O)C(CC)Oc1ccc(CO)cc1[N+](=O)[O-]. The van der Waals surface area contributed by atoms with E-state index >= 15 is 0 Å². The molecule has 0 spiro atoms. The van der Waals surface area contributed by atoms with Gasteiger partial charge in [-0.1, -0.05) is 13.0 Å². The Morgan fingerprint density at radius 3 is 2.65 bits per heavy atom. The first-order valence-corrected chi connectivity index (χ1v) is 6.24. The Balaban J connectivity index is 3.00. The highest BCUT2D eigenvalue weighted by Gasteiger charge is 2.24. The highest BCUT2D eigenvalue weighted by atomic mass is 16.6. The molecule has 7 heteroatoms. The Kier molecular flexibility index (Phi) is 5.92. The third-order valence-corrected chi connectivity index (χ3v) is 2.59. The van der Waals surface area contributed by atoms with Gasteiger partial charge in [-0.15, -0.1) is 0 Å². The normalized spacial score (nSPS) is 11.8. The van der Waals surface area contributed by atoms with Crippen LogP contribution in [-0.4, -0.2) is 28.7 Å². The zero-order chi connectivity index (χ0) is 15.1. The van der Waals surface area contributed by atoms with Gasteiger partial charge in [0.25, 0.3) is 0 Å². The minimum Gasteiger partial charge on any atom is -0.472 e. The molecule has 1 atom stereocenters. The maximum absolute atomic E-state index is 11.6. The lowest BCUT2D eigenvalue weighted by Gasteiger charge is -2.16. The van der Waals surface area contributed by atoms with E-state index in [0.29, 0.717) is 12.0 Å². The smallest absolute Gasteiger partial charge is 0.347 e. The van der Waals surface area contributed by atoms with Gasteiger partial charge in [-0.05, 0) is 25.0 Å². The molecule has 0 aromatic heterocycles. The van der Waals surface area contributed by atoms with Gasteiger partial charge in [-0.2, -0.15) is 0 Å². The van der Waals surface area contributed by atoms with Crippen LogP contribution in [0, 0.1) is 10.1 Å². The van der Waals surface area contributed by atoms with Gasteiger partial charge in [0.15, 0.2) is 11.9 Å².